The minimum absolute atomic E-state index is 0.0221. The fraction of sp³-hybridized carbons (Fsp3) is 0.375. The average Bonchev–Trinajstić information content (AvgIpc) is 2.92. The molecule has 1 fully saturated rings. The first-order valence-electron chi connectivity index (χ1n) is 7.45. The molecule has 6 nitrogen and oxygen atoms in total. The molecule has 7 heteroatoms. The number of para-hydroxylation sites is 1. The van der Waals surface area contributed by atoms with Crippen LogP contribution in [0.3, 0.4) is 0 Å². The third kappa shape index (κ3) is 3.86. The molecule has 1 aromatic heterocycles. The lowest BCUT2D eigenvalue weighted by Gasteiger charge is -2.11. The van der Waals surface area contributed by atoms with Crippen molar-refractivity contribution in [2.24, 2.45) is 0 Å². The molecule has 1 atom stereocenters. The first kappa shape index (κ1) is 15.9. The van der Waals surface area contributed by atoms with E-state index in [9.17, 15) is 8.42 Å². The van der Waals surface area contributed by atoms with Crippen molar-refractivity contribution in [1.29, 1.82) is 0 Å². The van der Waals surface area contributed by atoms with Gasteiger partial charge in [0.1, 0.15) is 5.75 Å². The Balaban J connectivity index is 1.66. The Kier molecular flexibility index (Phi) is 4.58. The maximum absolute atomic E-state index is 11.4. The monoisotopic (exact) mass is 333 g/mol. The van der Waals surface area contributed by atoms with Gasteiger partial charge in [0, 0.05) is 30.5 Å². The second-order valence-electron chi connectivity index (χ2n) is 5.60. The molecule has 2 aromatic rings. The molecule has 0 radical (unpaired) electrons. The van der Waals surface area contributed by atoms with Crippen LogP contribution in [0.4, 0.5) is 0 Å². The van der Waals surface area contributed by atoms with E-state index >= 15 is 0 Å². The van der Waals surface area contributed by atoms with Crippen molar-refractivity contribution in [3.05, 3.63) is 42.2 Å². The Morgan fingerprint density at radius 1 is 1.26 bits per heavy atom. The molecule has 23 heavy (non-hydrogen) atoms. The maximum atomic E-state index is 11.4. The van der Waals surface area contributed by atoms with Gasteiger partial charge >= 0.3 is 0 Å². The lowest BCUT2D eigenvalue weighted by atomic mass is 10.2. The molecule has 1 unspecified atom stereocenters. The number of rotatable bonds is 5. The molecular weight excluding hydrogens is 314 g/mol. The molecule has 2 heterocycles. The van der Waals surface area contributed by atoms with Gasteiger partial charge in [0.15, 0.2) is 15.7 Å². The largest absolute Gasteiger partial charge is 0.496 e. The number of methoxy groups -OCH3 is 1. The van der Waals surface area contributed by atoms with Gasteiger partial charge in [-0.15, -0.1) is 0 Å². The average molecular weight is 333 g/mol. The summed E-state index contributed by atoms with van der Waals surface area (Å²) in [6, 6.07) is 7.62. The minimum atomic E-state index is -2.86. The van der Waals surface area contributed by atoms with Gasteiger partial charge in [-0.2, -0.15) is 0 Å². The van der Waals surface area contributed by atoms with Gasteiger partial charge in [0.25, 0.3) is 0 Å². The smallest absolute Gasteiger partial charge is 0.162 e. The van der Waals surface area contributed by atoms with Crippen LogP contribution >= 0.6 is 0 Å². The SMILES string of the molecule is COc1ccccc1-c1ncc(CNC2CCS(=O)(=O)C2)cn1. The Bertz CT molecular complexity index is 775. The van der Waals surface area contributed by atoms with Gasteiger partial charge in [-0.1, -0.05) is 12.1 Å². The maximum Gasteiger partial charge on any atom is 0.162 e. The summed E-state index contributed by atoms with van der Waals surface area (Å²) in [5.74, 6) is 1.82. The van der Waals surface area contributed by atoms with Gasteiger partial charge in [-0.05, 0) is 18.6 Å². The summed E-state index contributed by atoms with van der Waals surface area (Å²) in [5, 5.41) is 3.25. The molecule has 0 aliphatic carbocycles. The van der Waals surface area contributed by atoms with E-state index in [-0.39, 0.29) is 17.5 Å². The summed E-state index contributed by atoms with van der Waals surface area (Å²) in [4.78, 5) is 8.76. The molecule has 0 amide bonds. The summed E-state index contributed by atoms with van der Waals surface area (Å²) in [7, 11) is -1.24. The topological polar surface area (TPSA) is 81.2 Å². The van der Waals surface area contributed by atoms with Crippen molar-refractivity contribution in [3.8, 4) is 17.1 Å². The predicted octanol–water partition coefficient (Wildman–Crippen LogP) is 1.43. The van der Waals surface area contributed by atoms with Crippen molar-refractivity contribution < 1.29 is 13.2 Å². The Morgan fingerprint density at radius 2 is 2.00 bits per heavy atom. The van der Waals surface area contributed by atoms with Crippen LogP contribution in [0, 0.1) is 0 Å². The van der Waals surface area contributed by atoms with Gasteiger partial charge in [-0.3, -0.25) is 0 Å². The normalized spacial score (nSPS) is 19.6. The van der Waals surface area contributed by atoms with E-state index in [1.807, 2.05) is 24.3 Å². The number of aromatic nitrogens is 2. The third-order valence-corrected chi connectivity index (χ3v) is 5.65. The van der Waals surface area contributed by atoms with E-state index in [1.54, 1.807) is 19.5 Å². The van der Waals surface area contributed by atoms with Crippen molar-refractivity contribution in [1.82, 2.24) is 15.3 Å². The second-order valence-corrected chi connectivity index (χ2v) is 7.82. The van der Waals surface area contributed by atoms with E-state index < -0.39 is 9.84 Å². The van der Waals surface area contributed by atoms with Crippen LogP contribution in [-0.4, -0.2) is 43.0 Å². The first-order valence-corrected chi connectivity index (χ1v) is 9.28. The Hall–Kier alpha value is -1.99. The second kappa shape index (κ2) is 6.64. The minimum Gasteiger partial charge on any atom is -0.496 e. The van der Waals surface area contributed by atoms with Crippen LogP contribution in [0.5, 0.6) is 5.75 Å². The fourth-order valence-corrected chi connectivity index (χ4v) is 4.34. The van der Waals surface area contributed by atoms with Gasteiger partial charge in [0.05, 0.1) is 24.2 Å². The number of hydrogen-bond donors (Lipinski definition) is 1. The number of ether oxygens (including phenoxy) is 1. The fourth-order valence-electron chi connectivity index (χ4n) is 2.63. The molecule has 1 N–H and O–H groups in total. The number of hydrogen-bond acceptors (Lipinski definition) is 6. The zero-order chi connectivity index (χ0) is 16.3. The summed E-state index contributed by atoms with van der Waals surface area (Å²) in [5.41, 5.74) is 1.77. The Morgan fingerprint density at radius 3 is 2.65 bits per heavy atom. The zero-order valence-corrected chi connectivity index (χ0v) is 13.7. The molecule has 0 saturated carbocycles. The third-order valence-electron chi connectivity index (χ3n) is 3.88. The number of nitrogens with zero attached hydrogens (tertiary/aromatic N) is 2. The molecular formula is C16H19N3O3S. The summed E-state index contributed by atoms with van der Waals surface area (Å²) < 4.78 is 28.2. The van der Waals surface area contributed by atoms with Gasteiger partial charge in [0.2, 0.25) is 0 Å². The molecule has 1 aromatic carbocycles. The van der Waals surface area contributed by atoms with Crippen LogP contribution in [0.25, 0.3) is 11.4 Å². The molecule has 1 aliphatic rings. The Labute approximate surface area is 135 Å². The quantitative estimate of drug-likeness (QED) is 0.891. The van der Waals surface area contributed by atoms with Crippen LogP contribution in [0.1, 0.15) is 12.0 Å². The lowest BCUT2D eigenvalue weighted by molar-refractivity contribution is 0.416. The number of benzene rings is 1. The van der Waals surface area contributed by atoms with Crippen molar-refractivity contribution in [2.75, 3.05) is 18.6 Å². The molecule has 3 rings (SSSR count). The summed E-state index contributed by atoms with van der Waals surface area (Å²) in [6.07, 6.45) is 4.18. The van der Waals surface area contributed by atoms with Crippen LogP contribution in [0.15, 0.2) is 36.7 Å². The lowest BCUT2D eigenvalue weighted by Crippen LogP contribution is -2.29. The van der Waals surface area contributed by atoms with E-state index in [4.69, 9.17) is 4.74 Å². The van der Waals surface area contributed by atoms with Gasteiger partial charge in [-0.25, -0.2) is 18.4 Å². The number of sulfone groups is 1. The van der Waals surface area contributed by atoms with E-state index in [0.29, 0.717) is 18.8 Å². The van der Waals surface area contributed by atoms with Crippen molar-refractivity contribution in [3.63, 3.8) is 0 Å². The standard InChI is InChI=1S/C16H19N3O3S/c1-22-15-5-3-2-4-14(15)16-18-9-12(10-19-16)8-17-13-6-7-23(20,21)11-13/h2-5,9-10,13,17H,6-8,11H2,1H3. The molecule has 1 saturated heterocycles. The molecule has 1 aliphatic heterocycles. The predicted molar refractivity (Wildman–Crippen MR) is 87.9 cm³/mol. The van der Waals surface area contributed by atoms with Crippen LogP contribution < -0.4 is 10.1 Å². The van der Waals surface area contributed by atoms with E-state index in [0.717, 1.165) is 16.9 Å². The first-order chi connectivity index (χ1) is 11.1. The van der Waals surface area contributed by atoms with E-state index in [2.05, 4.69) is 15.3 Å². The highest BCUT2D eigenvalue weighted by Crippen LogP contribution is 2.26. The summed E-state index contributed by atoms with van der Waals surface area (Å²) in [6.45, 7) is 0.562. The zero-order valence-electron chi connectivity index (χ0n) is 12.9. The van der Waals surface area contributed by atoms with Gasteiger partial charge < -0.3 is 10.1 Å². The highest BCUT2D eigenvalue weighted by Gasteiger charge is 2.27. The highest BCUT2D eigenvalue weighted by molar-refractivity contribution is 7.91. The molecule has 0 bridgehead atoms. The number of nitrogens with one attached hydrogen (secondary N) is 1. The van der Waals surface area contributed by atoms with Crippen molar-refractivity contribution in [2.45, 2.75) is 19.0 Å². The van der Waals surface area contributed by atoms with Crippen molar-refractivity contribution >= 4 is 9.84 Å². The highest BCUT2D eigenvalue weighted by atomic mass is 32.2. The summed E-state index contributed by atoms with van der Waals surface area (Å²) >= 11 is 0. The molecule has 0 spiro atoms. The molecule has 122 valence electrons. The van der Waals surface area contributed by atoms with Crippen LogP contribution in [0.2, 0.25) is 0 Å². The van der Waals surface area contributed by atoms with E-state index in [1.165, 1.54) is 0 Å². The van der Waals surface area contributed by atoms with Crippen LogP contribution in [-0.2, 0) is 16.4 Å².